The number of carbonyl (C=O) groups is 3. The van der Waals surface area contributed by atoms with Crippen molar-refractivity contribution in [3.63, 3.8) is 0 Å². The van der Waals surface area contributed by atoms with E-state index >= 15 is 0 Å². The minimum Gasteiger partial charge on any atom is -0.545 e. The Bertz CT molecular complexity index is 944. The lowest BCUT2D eigenvalue weighted by atomic mass is 10.1. The molecule has 0 aromatic heterocycles. The van der Waals surface area contributed by atoms with Gasteiger partial charge in [0.1, 0.15) is 17.9 Å². The quantitative estimate of drug-likeness (QED) is 0.445. The second-order valence-corrected chi connectivity index (χ2v) is 6.01. The molecule has 27 heavy (non-hydrogen) atoms. The molecule has 1 aliphatic rings. The van der Waals surface area contributed by atoms with Gasteiger partial charge in [0, 0.05) is 5.56 Å². The van der Waals surface area contributed by atoms with Crippen molar-refractivity contribution in [2.75, 3.05) is 0 Å². The lowest BCUT2D eigenvalue weighted by Gasteiger charge is -2.17. The van der Waals surface area contributed by atoms with Crippen LogP contribution in [0, 0.1) is 0 Å². The molecule has 0 atom stereocenters. The summed E-state index contributed by atoms with van der Waals surface area (Å²) in [7, 11) is 0. The second kappa shape index (κ2) is 7.79. The molecule has 1 heterocycles. The fourth-order valence-corrected chi connectivity index (χ4v) is 2.58. The van der Waals surface area contributed by atoms with Gasteiger partial charge in [-0.2, -0.15) is 0 Å². The first kappa shape index (κ1) is 18.3. The van der Waals surface area contributed by atoms with Gasteiger partial charge in [-0.15, -0.1) is 0 Å². The molecular formula is C19H13N2O5S-. The molecule has 0 unspecified atom stereocenters. The largest absolute Gasteiger partial charge is 0.545 e. The van der Waals surface area contributed by atoms with Crippen LogP contribution in [-0.2, 0) is 16.2 Å². The van der Waals surface area contributed by atoms with E-state index in [4.69, 9.17) is 17.0 Å². The average Bonchev–Trinajstić information content (AvgIpc) is 2.64. The topological polar surface area (TPSA) is 108 Å². The summed E-state index contributed by atoms with van der Waals surface area (Å²) in [4.78, 5) is 34.7. The third-order valence-corrected chi connectivity index (χ3v) is 3.95. The molecule has 2 amide bonds. The summed E-state index contributed by atoms with van der Waals surface area (Å²) >= 11 is 4.77. The van der Waals surface area contributed by atoms with Crippen LogP contribution in [0.4, 0.5) is 0 Å². The molecule has 1 fully saturated rings. The van der Waals surface area contributed by atoms with Crippen LogP contribution in [0.2, 0.25) is 0 Å². The van der Waals surface area contributed by atoms with Crippen molar-refractivity contribution >= 4 is 41.2 Å². The smallest absolute Gasteiger partial charge is 0.263 e. The van der Waals surface area contributed by atoms with E-state index in [1.165, 1.54) is 18.2 Å². The number of hydrogen-bond acceptors (Lipinski definition) is 6. The SMILES string of the molecule is O=C1NC(=S)NC(=O)C1=Cc1ccccc1OCc1ccc(C(=O)[O-])cc1. The molecule has 0 spiro atoms. The molecule has 0 aliphatic carbocycles. The Morgan fingerprint density at radius 1 is 1.04 bits per heavy atom. The molecule has 2 N–H and O–H groups in total. The fraction of sp³-hybridized carbons (Fsp3) is 0.0526. The summed E-state index contributed by atoms with van der Waals surface area (Å²) in [6.45, 7) is 0.177. The lowest BCUT2D eigenvalue weighted by Crippen LogP contribution is -2.51. The molecule has 0 bridgehead atoms. The maximum absolute atomic E-state index is 12.0. The van der Waals surface area contributed by atoms with Gasteiger partial charge in [-0.3, -0.25) is 20.2 Å². The van der Waals surface area contributed by atoms with Gasteiger partial charge in [0.15, 0.2) is 5.11 Å². The number of carboxylic acid groups (broad SMARTS) is 1. The van der Waals surface area contributed by atoms with Crippen LogP contribution in [-0.4, -0.2) is 22.9 Å². The van der Waals surface area contributed by atoms with Crippen molar-refractivity contribution in [2.24, 2.45) is 0 Å². The molecular weight excluding hydrogens is 368 g/mol. The Morgan fingerprint density at radius 3 is 2.30 bits per heavy atom. The van der Waals surface area contributed by atoms with Gasteiger partial charge in [0.2, 0.25) is 0 Å². The van der Waals surface area contributed by atoms with E-state index in [0.717, 1.165) is 5.56 Å². The highest BCUT2D eigenvalue weighted by Crippen LogP contribution is 2.23. The van der Waals surface area contributed by atoms with Crippen LogP contribution in [0.3, 0.4) is 0 Å². The standard InChI is InChI=1S/C19H14N2O5S/c22-16-14(17(23)21-19(27)20-16)9-13-3-1-2-4-15(13)26-10-11-5-7-12(8-6-11)18(24)25/h1-9H,10H2,(H,24,25)(H2,20,21,22,23,27)/p-1. The highest BCUT2D eigenvalue weighted by Gasteiger charge is 2.26. The number of carbonyl (C=O) groups excluding carboxylic acids is 3. The van der Waals surface area contributed by atoms with Gasteiger partial charge >= 0.3 is 0 Å². The van der Waals surface area contributed by atoms with E-state index in [-0.39, 0.29) is 22.9 Å². The summed E-state index contributed by atoms with van der Waals surface area (Å²) in [5.41, 5.74) is 1.28. The third kappa shape index (κ3) is 4.36. The summed E-state index contributed by atoms with van der Waals surface area (Å²) in [6, 6.07) is 13.0. The maximum atomic E-state index is 12.0. The first-order valence-corrected chi connectivity index (χ1v) is 8.25. The number of amides is 2. The number of benzene rings is 2. The van der Waals surface area contributed by atoms with Gasteiger partial charge in [-0.05, 0) is 35.5 Å². The van der Waals surface area contributed by atoms with Gasteiger partial charge < -0.3 is 14.6 Å². The van der Waals surface area contributed by atoms with Crippen LogP contribution >= 0.6 is 12.2 Å². The number of thiocarbonyl (C=S) groups is 1. The molecule has 8 heteroatoms. The monoisotopic (exact) mass is 381 g/mol. The number of para-hydroxylation sites is 1. The van der Waals surface area contributed by atoms with E-state index < -0.39 is 17.8 Å². The van der Waals surface area contributed by atoms with Gasteiger partial charge in [0.05, 0.1) is 5.97 Å². The van der Waals surface area contributed by atoms with E-state index in [1.807, 2.05) is 0 Å². The molecule has 1 saturated heterocycles. The highest BCUT2D eigenvalue weighted by molar-refractivity contribution is 7.80. The van der Waals surface area contributed by atoms with Crippen molar-refractivity contribution in [1.29, 1.82) is 0 Å². The van der Waals surface area contributed by atoms with E-state index in [1.54, 1.807) is 36.4 Å². The van der Waals surface area contributed by atoms with Gasteiger partial charge in [-0.1, -0.05) is 42.5 Å². The molecule has 136 valence electrons. The Hall–Kier alpha value is -3.52. The highest BCUT2D eigenvalue weighted by atomic mass is 32.1. The fourth-order valence-electron chi connectivity index (χ4n) is 2.39. The number of hydrogen-bond donors (Lipinski definition) is 2. The predicted octanol–water partition coefficient (Wildman–Crippen LogP) is 0.543. The van der Waals surface area contributed by atoms with E-state index in [9.17, 15) is 19.5 Å². The van der Waals surface area contributed by atoms with Crippen LogP contribution in [0.1, 0.15) is 21.5 Å². The summed E-state index contributed by atoms with van der Waals surface area (Å²) < 4.78 is 5.76. The van der Waals surface area contributed by atoms with Crippen molar-refractivity contribution in [3.05, 3.63) is 70.8 Å². The summed E-state index contributed by atoms with van der Waals surface area (Å²) in [5, 5.41) is 15.5. The first-order chi connectivity index (χ1) is 12.9. The van der Waals surface area contributed by atoms with Gasteiger partial charge in [0.25, 0.3) is 11.8 Å². The maximum Gasteiger partial charge on any atom is 0.263 e. The molecule has 3 rings (SSSR count). The number of carboxylic acids is 1. The van der Waals surface area contributed by atoms with Crippen LogP contribution in [0.5, 0.6) is 5.75 Å². The minimum absolute atomic E-state index is 0.0355. The van der Waals surface area contributed by atoms with Crippen LogP contribution in [0.25, 0.3) is 6.08 Å². The van der Waals surface area contributed by atoms with E-state index in [2.05, 4.69) is 10.6 Å². The average molecular weight is 381 g/mol. The normalized spacial score (nSPS) is 13.6. The van der Waals surface area contributed by atoms with Crippen LogP contribution in [0.15, 0.2) is 54.1 Å². The minimum atomic E-state index is -1.25. The number of nitrogens with one attached hydrogen (secondary N) is 2. The molecule has 2 aromatic carbocycles. The third-order valence-electron chi connectivity index (χ3n) is 3.75. The summed E-state index contributed by atoms with van der Waals surface area (Å²) in [5.74, 6) is -1.96. The van der Waals surface area contributed by atoms with E-state index in [0.29, 0.717) is 11.3 Å². The van der Waals surface area contributed by atoms with Crippen molar-refractivity contribution in [1.82, 2.24) is 10.6 Å². The molecule has 2 aromatic rings. The first-order valence-electron chi connectivity index (χ1n) is 7.84. The predicted molar refractivity (Wildman–Crippen MR) is 98.4 cm³/mol. The Balaban J connectivity index is 1.79. The zero-order chi connectivity index (χ0) is 19.4. The molecule has 0 radical (unpaired) electrons. The lowest BCUT2D eigenvalue weighted by molar-refractivity contribution is -0.255. The Kier molecular flexibility index (Phi) is 5.28. The molecule has 7 nitrogen and oxygen atoms in total. The second-order valence-electron chi connectivity index (χ2n) is 5.61. The van der Waals surface area contributed by atoms with Crippen molar-refractivity contribution < 1.29 is 24.2 Å². The van der Waals surface area contributed by atoms with Crippen molar-refractivity contribution in [2.45, 2.75) is 6.61 Å². The number of aromatic carboxylic acids is 1. The number of rotatable bonds is 5. The Morgan fingerprint density at radius 2 is 1.67 bits per heavy atom. The number of ether oxygens (including phenoxy) is 1. The van der Waals surface area contributed by atoms with Crippen LogP contribution < -0.4 is 20.5 Å². The zero-order valence-electron chi connectivity index (χ0n) is 13.9. The zero-order valence-corrected chi connectivity index (χ0v) is 14.7. The molecule has 0 saturated carbocycles. The molecule has 1 aliphatic heterocycles. The Labute approximate surface area is 159 Å². The van der Waals surface area contributed by atoms with Gasteiger partial charge in [-0.25, -0.2) is 0 Å². The summed E-state index contributed by atoms with van der Waals surface area (Å²) in [6.07, 6.45) is 1.42. The van der Waals surface area contributed by atoms with Crippen molar-refractivity contribution in [3.8, 4) is 5.75 Å².